The monoisotopic (exact) mass is 510 g/mol. The van der Waals surface area contributed by atoms with E-state index in [0.717, 1.165) is 17.3 Å². The molecule has 34 heavy (non-hydrogen) atoms. The van der Waals surface area contributed by atoms with Crippen LogP contribution in [0.15, 0.2) is 30.3 Å². The number of carbonyl (C=O) groups excluding carboxylic acids is 1. The van der Waals surface area contributed by atoms with Gasteiger partial charge in [0.1, 0.15) is 17.4 Å². The molecule has 0 unspecified atom stereocenters. The average molecular weight is 511 g/mol. The average Bonchev–Trinajstić information content (AvgIpc) is 3.30. The summed E-state index contributed by atoms with van der Waals surface area (Å²) in [5, 5.41) is 16.5. The molecule has 0 radical (unpaired) electrons. The number of amides is 1. The third-order valence-corrected chi connectivity index (χ3v) is 6.92. The highest BCUT2D eigenvalue weighted by atomic mass is 35.5. The maximum Gasteiger partial charge on any atom is 0.433 e. The number of aliphatic hydroxyl groups excluding tert-OH is 1. The molecule has 1 aliphatic heterocycles. The molecule has 0 saturated carbocycles. The summed E-state index contributed by atoms with van der Waals surface area (Å²) >= 11 is 12.6. The molecule has 1 amide bonds. The van der Waals surface area contributed by atoms with Crippen LogP contribution in [-0.2, 0) is 30.4 Å². The molecule has 1 N–H and O–H groups in total. The smallest absolute Gasteiger partial charge is 0.390 e. The van der Waals surface area contributed by atoms with Crippen molar-refractivity contribution in [2.75, 3.05) is 6.54 Å². The predicted octanol–water partition coefficient (Wildman–Crippen LogP) is 4.68. The van der Waals surface area contributed by atoms with Crippen molar-refractivity contribution in [3.05, 3.63) is 68.5 Å². The third kappa shape index (κ3) is 3.85. The van der Waals surface area contributed by atoms with Crippen molar-refractivity contribution >= 4 is 29.1 Å². The molecule has 3 heterocycles. The fourth-order valence-corrected chi connectivity index (χ4v) is 5.39. The van der Waals surface area contributed by atoms with Gasteiger partial charge in [-0.05, 0) is 35.4 Å². The van der Waals surface area contributed by atoms with Crippen LogP contribution in [0.25, 0.3) is 11.4 Å². The topological polar surface area (TPSA) is 71.2 Å². The Morgan fingerprint density at radius 2 is 1.97 bits per heavy atom. The first-order chi connectivity index (χ1) is 16.0. The van der Waals surface area contributed by atoms with Gasteiger partial charge in [0, 0.05) is 54.2 Å². The third-order valence-electron chi connectivity index (χ3n) is 6.37. The number of aliphatic hydroxyl groups is 1. The fraction of sp³-hybridized carbons (Fsp3) is 0.348. The maximum absolute atomic E-state index is 13.3. The number of hydrogen-bond donors (Lipinski definition) is 1. The number of pyridine rings is 1. The lowest BCUT2D eigenvalue weighted by Gasteiger charge is -2.28. The van der Waals surface area contributed by atoms with Crippen LogP contribution in [-0.4, -0.2) is 43.3 Å². The lowest BCUT2D eigenvalue weighted by atomic mass is 10.0. The van der Waals surface area contributed by atoms with Crippen molar-refractivity contribution in [1.82, 2.24) is 19.7 Å². The Labute approximate surface area is 202 Å². The number of aromatic nitrogens is 3. The number of alkyl halides is 3. The van der Waals surface area contributed by atoms with Crippen molar-refractivity contribution in [2.24, 2.45) is 0 Å². The molecule has 2 atom stereocenters. The second-order valence-electron chi connectivity index (χ2n) is 8.49. The number of halogens is 5. The quantitative estimate of drug-likeness (QED) is 0.543. The van der Waals surface area contributed by atoms with E-state index in [1.807, 2.05) is 0 Å². The Balaban J connectivity index is 1.69. The van der Waals surface area contributed by atoms with E-state index in [-0.39, 0.29) is 23.8 Å². The molecule has 0 fully saturated rings. The first kappa shape index (κ1) is 23.1. The summed E-state index contributed by atoms with van der Waals surface area (Å²) in [6.45, 7) is 2.05. The van der Waals surface area contributed by atoms with E-state index in [2.05, 4.69) is 10.1 Å². The van der Waals surface area contributed by atoms with Gasteiger partial charge >= 0.3 is 6.18 Å². The standard InChI is InChI=1S/C23H19Cl2F3N4O2/c1-11(33)31-6-5-18-15(10-31)21(17-3-2-4-20(29-17)23(26,27)28)30-32(18)22-14-7-12(24)8-16(25)13(14)9-19(22)34/h2-4,7-8,19,22,34H,5-6,9-10H2,1H3/t19-,22+/m0/s1. The molecule has 2 aromatic heterocycles. The summed E-state index contributed by atoms with van der Waals surface area (Å²) in [4.78, 5) is 17.5. The van der Waals surface area contributed by atoms with Crippen LogP contribution in [0, 0.1) is 0 Å². The molecule has 1 aromatic carbocycles. The summed E-state index contributed by atoms with van der Waals surface area (Å²) in [6.07, 6.45) is -4.75. The minimum atomic E-state index is -4.61. The highest BCUT2D eigenvalue weighted by Crippen LogP contribution is 2.43. The molecule has 2 aliphatic rings. The van der Waals surface area contributed by atoms with Crippen molar-refractivity contribution in [1.29, 1.82) is 0 Å². The van der Waals surface area contributed by atoms with Gasteiger partial charge in [-0.1, -0.05) is 29.3 Å². The number of benzene rings is 1. The van der Waals surface area contributed by atoms with E-state index in [4.69, 9.17) is 23.2 Å². The molecule has 5 rings (SSSR count). The predicted molar refractivity (Wildman–Crippen MR) is 120 cm³/mol. The summed E-state index contributed by atoms with van der Waals surface area (Å²) in [6, 6.07) is 6.35. The van der Waals surface area contributed by atoms with Gasteiger partial charge in [0.25, 0.3) is 0 Å². The van der Waals surface area contributed by atoms with Gasteiger partial charge in [0.15, 0.2) is 0 Å². The Morgan fingerprint density at radius 1 is 1.21 bits per heavy atom. The molecule has 6 nitrogen and oxygen atoms in total. The zero-order chi connectivity index (χ0) is 24.4. The lowest BCUT2D eigenvalue weighted by Crippen LogP contribution is -2.35. The van der Waals surface area contributed by atoms with E-state index >= 15 is 0 Å². The van der Waals surface area contributed by atoms with Crippen LogP contribution in [0.5, 0.6) is 0 Å². The Bertz CT molecular complexity index is 1310. The molecule has 178 valence electrons. The lowest BCUT2D eigenvalue weighted by molar-refractivity contribution is -0.141. The van der Waals surface area contributed by atoms with Crippen LogP contribution in [0.2, 0.25) is 10.0 Å². The molecule has 3 aromatic rings. The second kappa shape index (κ2) is 8.25. The van der Waals surface area contributed by atoms with E-state index in [0.29, 0.717) is 40.6 Å². The van der Waals surface area contributed by atoms with Crippen molar-refractivity contribution in [3.63, 3.8) is 0 Å². The minimum absolute atomic E-state index is 0.0482. The molecular weight excluding hydrogens is 492 g/mol. The fourth-order valence-electron chi connectivity index (χ4n) is 4.80. The number of rotatable bonds is 2. The first-order valence-corrected chi connectivity index (χ1v) is 11.4. The van der Waals surface area contributed by atoms with Crippen molar-refractivity contribution in [3.8, 4) is 11.4 Å². The minimum Gasteiger partial charge on any atom is -0.390 e. The van der Waals surface area contributed by atoms with Crippen LogP contribution in [0.4, 0.5) is 13.2 Å². The molecule has 0 bridgehead atoms. The van der Waals surface area contributed by atoms with Gasteiger partial charge in [-0.15, -0.1) is 0 Å². The second-order valence-corrected chi connectivity index (χ2v) is 9.33. The number of nitrogens with zero attached hydrogens (tertiary/aromatic N) is 4. The normalized spacial score (nSPS) is 19.8. The van der Waals surface area contributed by atoms with Gasteiger partial charge in [0.05, 0.1) is 11.8 Å². The number of fused-ring (bicyclic) bond motifs is 2. The molecule has 1 aliphatic carbocycles. The highest BCUT2D eigenvalue weighted by molar-refractivity contribution is 6.35. The van der Waals surface area contributed by atoms with Gasteiger partial charge in [-0.3, -0.25) is 9.48 Å². The van der Waals surface area contributed by atoms with E-state index in [9.17, 15) is 23.1 Å². The molecule has 0 saturated heterocycles. The molecule has 11 heteroatoms. The van der Waals surface area contributed by atoms with Crippen LogP contribution in [0.1, 0.15) is 41.0 Å². The molecular formula is C23H19Cl2F3N4O2. The SMILES string of the molecule is CC(=O)N1CCc2c(c(-c3cccc(C(F)(F)F)n3)nn2[C@@H]2c3cc(Cl)cc(Cl)c3C[C@@H]2O)C1. The maximum atomic E-state index is 13.3. The van der Waals surface area contributed by atoms with Crippen LogP contribution < -0.4 is 0 Å². The largest absolute Gasteiger partial charge is 0.433 e. The Hall–Kier alpha value is -2.62. The van der Waals surface area contributed by atoms with Gasteiger partial charge in [-0.2, -0.15) is 18.3 Å². The van der Waals surface area contributed by atoms with E-state index < -0.39 is 24.0 Å². The van der Waals surface area contributed by atoms with Crippen molar-refractivity contribution < 1.29 is 23.1 Å². The number of hydrogen-bond acceptors (Lipinski definition) is 4. The van der Waals surface area contributed by atoms with Gasteiger partial charge < -0.3 is 10.0 Å². The Morgan fingerprint density at radius 3 is 2.68 bits per heavy atom. The highest BCUT2D eigenvalue weighted by Gasteiger charge is 2.39. The zero-order valence-corrected chi connectivity index (χ0v) is 19.4. The zero-order valence-electron chi connectivity index (χ0n) is 17.9. The first-order valence-electron chi connectivity index (χ1n) is 10.6. The van der Waals surface area contributed by atoms with Crippen LogP contribution >= 0.6 is 23.2 Å². The number of carbonyl (C=O) groups is 1. The summed E-state index contributed by atoms with van der Waals surface area (Å²) in [7, 11) is 0. The van der Waals surface area contributed by atoms with E-state index in [1.165, 1.54) is 19.1 Å². The van der Waals surface area contributed by atoms with E-state index in [1.54, 1.807) is 21.7 Å². The summed E-state index contributed by atoms with van der Waals surface area (Å²) in [5.41, 5.74) is 2.09. The summed E-state index contributed by atoms with van der Waals surface area (Å²) < 4.78 is 41.7. The molecule has 0 spiro atoms. The van der Waals surface area contributed by atoms with Gasteiger partial charge in [-0.25, -0.2) is 4.98 Å². The van der Waals surface area contributed by atoms with Gasteiger partial charge in [0.2, 0.25) is 5.91 Å². The van der Waals surface area contributed by atoms with Crippen molar-refractivity contribution in [2.45, 2.75) is 44.6 Å². The summed E-state index contributed by atoms with van der Waals surface area (Å²) in [5.74, 6) is -0.147. The van der Waals surface area contributed by atoms with Crippen LogP contribution in [0.3, 0.4) is 0 Å². The Kier molecular flexibility index (Phi) is 5.61.